The Morgan fingerprint density at radius 2 is 2.29 bits per heavy atom. The van der Waals surface area contributed by atoms with Gasteiger partial charge >= 0.3 is 0 Å². The van der Waals surface area contributed by atoms with Gasteiger partial charge in [0.15, 0.2) is 0 Å². The maximum Gasteiger partial charge on any atom is 0.287 e. The number of nitrogens with two attached hydrogens (primary N) is 1. The third kappa shape index (κ3) is 3.47. The molecule has 1 aromatic heterocycles. The van der Waals surface area contributed by atoms with Gasteiger partial charge in [0.1, 0.15) is 0 Å². The van der Waals surface area contributed by atoms with Gasteiger partial charge in [0.2, 0.25) is 0 Å². The first-order valence-electron chi connectivity index (χ1n) is 5.53. The molecule has 0 saturated carbocycles. The van der Waals surface area contributed by atoms with Crippen molar-refractivity contribution >= 4 is 10.2 Å². The van der Waals surface area contributed by atoms with Gasteiger partial charge < -0.3 is 0 Å². The quantitative estimate of drug-likeness (QED) is 0.815. The van der Waals surface area contributed by atoms with E-state index in [2.05, 4.69) is 9.82 Å². The van der Waals surface area contributed by atoms with E-state index in [9.17, 15) is 8.42 Å². The summed E-state index contributed by atoms with van der Waals surface area (Å²) in [6.45, 7) is 0.663. The van der Waals surface area contributed by atoms with Crippen molar-refractivity contribution in [3.8, 4) is 0 Å². The summed E-state index contributed by atoms with van der Waals surface area (Å²) >= 11 is 0. The Hall–Kier alpha value is -1.02. The highest BCUT2D eigenvalue weighted by Crippen LogP contribution is 2.28. The molecule has 0 bridgehead atoms. The van der Waals surface area contributed by atoms with Crippen LogP contribution in [-0.2, 0) is 10.2 Å². The van der Waals surface area contributed by atoms with Crippen molar-refractivity contribution in [2.75, 3.05) is 6.54 Å². The van der Waals surface area contributed by atoms with E-state index in [1.807, 2.05) is 12.1 Å². The summed E-state index contributed by atoms with van der Waals surface area (Å²) in [5, 5.41) is 6.69. The van der Waals surface area contributed by atoms with Crippen LogP contribution < -0.4 is 9.97 Å². The van der Waals surface area contributed by atoms with Gasteiger partial charge in [-0.15, -0.1) is 4.83 Å². The first kappa shape index (κ1) is 12.4. The molecular weight excluding hydrogens is 240 g/mol. The van der Waals surface area contributed by atoms with E-state index < -0.39 is 10.2 Å². The Bertz CT molecular complexity index is 462. The predicted molar refractivity (Wildman–Crippen MR) is 63.8 cm³/mol. The second-order valence-electron chi connectivity index (χ2n) is 4.13. The summed E-state index contributed by atoms with van der Waals surface area (Å²) in [6, 6.07) is 3.80. The minimum Gasteiger partial charge on any atom is -0.264 e. The Morgan fingerprint density at radius 3 is 2.94 bits per heavy atom. The number of pyridine rings is 1. The summed E-state index contributed by atoms with van der Waals surface area (Å²) in [5.41, 5.74) is 1.00. The van der Waals surface area contributed by atoms with Gasteiger partial charge in [-0.2, -0.15) is 8.42 Å². The molecule has 1 saturated heterocycles. The molecule has 3 N–H and O–H groups in total. The van der Waals surface area contributed by atoms with E-state index in [4.69, 9.17) is 5.14 Å². The molecule has 1 aliphatic rings. The monoisotopic (exact) mass is 256 g/mol. The molecule has 94 valence electrons. The molecule has 2 heterocycles. The summed E-state index contributed by atoms with van der Waals surface area (Å²) in [5.74, 6) is 0. The summed E-state index contributed by atoms with van der Waals surface area (Å²) in [6.07, 6.45) is 6.38. The van der Waals surface area contributed by atoms with Crippen LogP contribution in [0, 0.1) is 0 Å². The van der Waals surface area contributed by atoms with Crippen molar-refractivity contribution in [1.82, 2.24) is 14.8 Å². The Kier molecular flexibility index (Phi) is 3.72. The van der Waals surface area contributed by atoms with Crippen molar-refractivity contribution in [2.24, 2.45) is 5.14 Å². The summed E-state index contributed by atoms with van der Waals surface area (Å²) in [7, 11) is -3.71. The number of hydrogen-bond donors (Lipinski definition) is 2. The highest BCUT2D eigenvalue weighted by Gasteiger charge is 2.26. The molecule has 1 aromatic rings. The Balaban J connectivity index is 2.18. The smallest absolute Gasteiger partial charge is 0.264 e. The number of nitrogens with one attached hydrogen (secondary N) is 1. The zero-order chi connectivity index (χ0) is 12.3. The SMILES string of the molecule is NS(=O)(=O)NN1CCCCC1c1cccnc1. The lowest BCUT2D eigenvalue weighted by molar-refractivity contribution is 0.122. The van der Waals surface area contributed by atoms with E-state index in [1.54, 1.807) is 17.4 Å². The number of piperidine rings is 1. The second-order valence-corrected chi connectivity index (χ2v) is 5.40. The zero-order valence-corrected chi connectivity index (χ0v) is 10.2. The van der Waals surface area contributed by atoms with Crippen molar-refractivity contribution < 1.29 is 8.42 Å². The molecule has 1 atom stereocenters. The Morgan fingerprint density at radius 1 is 1.47 bits per heavy atom. The number of nitrogens with zero attached hydrogens (tertiary/aromatic N) is 2. The lowest BCUT2D eigenvalue weighted by Crippen LogP contribution is -2.49. The summed E-state index contributed by atoms with van der Waals surface area (Å²) in [4.78, 5) is 6.42. The average Bonchev–Trinajstić information content (AvgIpc) is 2.29. The highest BCUT2D eigenvalue weighted by molar-refractivity contribution is 7.87. The van der Waals surface area contributed by atoms with Gasteiger partial charge in [-0.25, -0.2) is 10.1 Å². The topological polar surface area (TPSA) is 88.3 Å². The van der Waals surface area contributed by atoms with Gasteiger partial charge in [-0.3, -0.25) is 4.98 Å². The van der Waals surface area contributed by atoms with Crippen LogP contribution in [0.5, 0.6) is 0 Å². The molecule has 0 spiro atoms. The largest absolute Gasteiger partial charge is 0.287 e. The van der Waals surface area contributed by atoms with Crippen molar-refractivity contribution in [3.05, 3.63) is 30.1 Å². The van der Waals surface area contributed by atoms with Crippen LogP contribution in [0.25, 0.3) is 0 Å². The normalized spacial score (nSPS) is 22.5. The first-order valence-corrected chi connectivity index (χ1v) is 7.07. The molecule has 17 heavy (non-hydrogen) atoms. The second kappa shape index (κ2) is 5.09. The molecule has 0 aromatic carbocycles. The molecule has 2 rings (SSSR count). The third-order valence-corrected chi connectivity index (χ3v) is 3.31. The molecule has 0 aliphatic carbocycles. The molecular formula is C10H16N4O2S. The van der Waals surface area contributed by atoms with Gasteiger partial charge in [0, 0.05) is 18.9 Å². The van der Waals surface area contributed by atoms with Crippen LogP contribution in [0.3, 0.4) is 0 Å². The van der Waals surface area contributed by atoms with Crippen molar-refractivity contribution in [2.45, 2.75) is 25.3 Å². The van der Waals surface area contributed by atoms with Gasteiger partial charge in [0.25, 0.3) is 10.2 Å². The van der Waals surface area contributed by atoms with Crippen LogP contribution in [0.2, 0.25) is 0 Å². The molecule has 1 aliphatic heterocycles. The molecule has 1 unspecified atom stereocenters. The van der Waals surface area contributed by atoms with Crippen LogP contribution in [0.4, 0.5) is 0 Å². The van der Waals surface area contributed by atoms with Crippen LogP contribution in [-0.4, -0.2) is 25.0 Å². The number of rotatable bonds is 3. The maximum absolute atomic E-state index is 11.1. The highest BCUT2D eigenvalue weighted by atomic mass is 32.2. The molecule has 0 radical (unpaired) electrons. The fourth-order valence-electron chi connectivity index (χ4n) is 2.12. The number of aromatic nitrogens is 1. The van der Waals surface area contributed by atoms with Crippen LogP contribution in [0.15, 0.2) is 24.5 Å². The van der Waals surface area contributed by atoms with E-state index in [0.29, 0.717) is 6.54 Å². The van der Waals surface area contributed by atoms with Gasteiger partial charge in [0.05, 0.1) is 6.04 Å². The lowest BCUT2D eigenvalue weighted by atomic mass is 9.98. The number of hydrazine groups is 1. The molecule has 0 amide bonds. The molecule has 1 fully saturated rings. The molecule has 6 nitrogen and oxygen atoms in total. The fraction of sp³-hybridized carbons (Fsp3) is 0.500. The van der Waals surface area contributed by atoms with E-state index >= 15 is 0 Å². The lowest BCUT2D eigenvalue weighted by Gasteiger charge is -2.34. The molecule has 7 heteroatoms. The summed E-state index contributed by atoms with van der Waals surface area (Å²) < 4.78 is 22.2. The third-order valence-electron chi connectivity index (χ3n) is 2.82. The number of hydrogen-bond acceptors (Lipinski definition) is 4. The standard InChI is InChI=1S/C10H16N4O2S/c11-17(15,16)13-14-7-2-1-5-10(14)9-4-3-6-12-8-9/h3-4,6,8,10,13H,1-2,5,7H2,(H2,11,15,16). The maximum atomic E-state index is 11.1. The van der Waals surface area contributed by atoms with Crippen molar-refractivity contribution in [3.63, 3.8) is 0 Å². The van der Waals surface area contributed by atoms with Crippen LogP contribution >= 0.6 is 0 Å². The predicted octanol–water partition coefficient (Wildman–Crippen LogP) is 0.317. The van der Waals surface area contributed by atoms with Crippen molar-refractivity contribution in [1.29, 1.82) is 0 Å². The minimum atomic E-state index is -3.71. The van der Waals surface area contributed by atoms with Gasteiger partial charge in [-0.05, 0) is 24.5 Å². The van der Waals surface area contributed by atoms with Crippen LogP contribution in [0.1, 0.15) is 30.9 Å². The van der Waals surface area contributed by atoms with Gasteiger partial charge in [-0.1, -0.05) is 12.5 Å². The minimum absolute atomic E-state index is 0.00998. The van der Waals surface area contributed by atoms with E-state index in [0.717, 1.165) is 24.8 Å². The first-order chi connectivity index (χ1) is 8.06. The Labute approximate surface area is 101 Å². The zero-order valence-electron chi connectivity index (χ0n) is 9.41. The van der Waals surface area contributed by atoms with E-state index in [1.165, 1.54) is 0 Å². The van der Waals surface area contributed by atoms with E-state index in [-0.39, 0.29) is 6.04 Å². The fourth-order valence-corrected chi connectivity index (χ4v) is 2.67. The average molecular weight is 256 g/mol.